The van der Waals surface area contributed by atoms with Crippen molar-refractivity contribution in [3.8, 4) is 0 Å². The van der Waals surface area contributed by atoms with E-state index in [1.807, 2.05) is 36.4 Å². The molecule has 0 spiro atoms. The minimum Gasteiger partial charge on any atom is -0.381 e. The first-order chi connectivity index (χ1) is 17.1. The van der Waals surface area contributed by atoms with E-state index in [9.17, 15) is 4.21 Å². The Morgan fingerprint density at radius 1 is 1.14 bits per heavy atom. The largest absolute Gasteiger partial charge is 0.381 e. The molecule has 2 aliphatic heterocycles. The summed E-state index contributed by atoms with van der Waals surface area (Å²) in [5, 5.41) is 10.2. The molecule has 3 heterocycles. The Morgan fingerprint density at radius 3 is 2.69 bits per heavy atom. The van der Waals surface area contributed by atoms with Gasteiger partial charge in [-0.2, -0.15) is 5.10 Å². The Bertz CT molecular complexity index is 1150. The number of benzene rings is 2. The fraction of sp³-hybridized carbons (Fsp3) is 0.423. The van der Waals surface area contributed by atoms with E-state index in [1.165, 1.54) is 12.1 Å². The highest BCUT2D eigenvalue weighted by molar-refractivity contribution is 7.82. The van der Waals surface area contributed by atoms with Gasteiger partial charge in [0, 0.05) is 55.9 Å². The summed E-state index contributed by atoms with van der Waals surface area (Å²) in [6.07, 6.45) is 4.40. The van der Waals surface area contributed by atoms with Gasteiger partial charge in [0.05, 0.1) is 10.8 Å². The van der Waals surface area contributed by atoms with Crippen molar-refractivity contribution in [2.24, 2.45) is 0 Å². The van der Waals surface area contributed by atoms with Crippen molar-refractivity contribution in [2.45, 2.75) is 49.6 Å². The van der Waals surface area contributed by atoms with E-state index in [4.69, 9.17) is 4.74 Å². The summed E-state index contributed by atoms with van der Waals surface area (Å²) in [5.74, 6) is -0.933. The Balaban J connectivity index is 1.37. The Labute approximate surface area is 206 Å². The van der Waals surface area contributed by atoms with Gasteiger partial charge in [0.2, 0.25) is 0 Å². The Hall–Kier alpha value is -2.46. The molecule has 5 rings (SSSR count). The number of aromatic nitrogens is 2. The van der Waals surface area contributed by atoms with E-state index in [0.29, 0.717) is 44.7 Å². The lowest BCUT2D eigenvalue weighted by atomic mass is 9.81. The molecule has 3 aromatic rings. The zero-order valence-corrected chi connectivity index (χ0v) is 20.3. The van der Waals surface area contributed by atoms with Crippen LogP contribution in [-0.2, 0) is 34.4 Å². The van der Waals surface area contributed by atoms with Crippen molar-refractivity contribution in [3.05, 3.63) is 88.7 Å². The molecule has 0 bridgehead atoms. The van der Waals surface area contributed by atoms with E-state index < -0.39 is 28.2 Å². The van der Waals surface area contributed by atoms with Crippen molar-refractivity contribution in [2.75, 3.05) is 19.8 Å². The molecule has 1 unspecified atom stereocenters. The van der Waals surface area contributed by atoms with Crippen LogP contribution in [0.15, 0.2) is 54.7 Å². The number of ether oxygens (including phenoxy) is 1. The number of hydrogen-bond donors (Lipinski definition) is 2. The van der Waals surface area contributed by atoms with Crippen molar-refractivity contribution in [1.29, 1.82) is 0 Å². The van der Waals surface area contributed by atoms with E-state index in [2.05, 4.69) is 15.5 Å². The minimum absolute atomic E-state index is 0.108. The molecule has 6 nitrogen and oxygen atoms in total. The van der Waals surface area contributed by atoms with Gasteiger partial charge in [-0.15, -0.1) is 0 Å². The van der Waals surface area contributed by atoms with Crippen LogP contribution in [-0.4, -0.2) is 38.5 Å². The molecule has 0 amide bonds. The zero-order chi connectivity index (χ0) is 24.3. The van der Waals surface area contributed by atoms with E-state index in [-0.39, 0.29) is 17.4 Å². The standard InChI is InChI=1S/C26H30F2N4O2S/c27-23-16-22(26(9-13-34-14-10-26)29-17-21-8-11-30-31-21)24(28)15-20(23)18-32-12-4-7-25(35(32)33)19-5-2-1-3-6-19/h1-3,5-6,8,11,15-16,25,29H,4,7,9-10,12-14,17-18H2,(H,30,31)/t25-,35?/m1/s1. The van der Waals surface area contributed by atoms with Gasteiger partial charge in [0.25, 0.3) is 0 Å². The number of H-pyrrole nitrogens is 1. The van der Waals surface area contributed by atoms with Crippen molar-refractivity contribution < 1.29 is 17.7 Å². The lowest BCUT2D eigenvalue weighted by Crippen LogP contribution is -2.47. The second-order valence-electron chi connectivity index (χ2n) is 9.23. The van der Waals surface area contributed by atoms with Crippen LogP contribution in [0.1, 0.15) is 53.3 Å². The molecule has 0 radical (unpaired) electrons. The first-order valence-corrected chi connectivity index (χ1v) is 13.2. The number of nitrogens with zero attached hydrogens (tertiary/aromatic N) is 2. The quantitative estimate of drug-likeness (QED) is 0.502. The molecule has 2 aliphatic rings. The Morgan fingerprint density at radius 2 is 1.94 bits per heavy atom. The maximum atomic E-state index is 15.6. The van der Waals surface area contributed by atoms with Gasteiger partial charge in [0.15, 0.2) is 0 Å². The predicted octanol–water partition coefficient (Wildman–Crippen LogP) is 4.48. The first kappa shape index (κ1) is 24.2. The van der Waals surface area contributed by atoms with Gasteiger partial charge < -0.3 is 10.1 Å². The molecule has 0 aliphatic carbocycles. The normalized spacial score (nSPS) is 22.8. The number of nitrogens with one attached hydrogen (secondary N) is 2. The number of hydrogen-bond acceptors (Lipinski definition) is 4. The van der Waals surface area contributed by atoms with Gasteiger partial charge >= 0.3 is 0 Å². The fourth-order valence-corrected chi connectivity index (χ4v) is 6.79. The fourth-order valence-electron chi connectivity index (χ4n) is 5.09. The summed E-state index contributed by atoms with van der Waals surface area (Å²) >= 11 is 0. The van der Waals surface area contributed by atoms with Gasteiger partial charge in [-0.1, -0.05) is 30.3 Å². The molecule has 2 fully saturated rings. The number of aromatic amines is 1. The van der Waals surface area contributed by atoms with E-state index in [0.717, 1.165) is 24.1 Å². The third-order valence-electron chi connectivity index (χ3n) is 7.06. The van der Waals surface area contributed by atoms with Crippen LogP contribution in [0.5, 0.6) is 0 Å². The summed E-state index contributed by atoms with van der Waals surface area (Å²) in [4.78, 5) is 0. The van der Waals surface area contributed by atoms with Gasteiger partial charge in [-0.05, 0) is 49.4 Å². The average molecular weight is 501 g/mol. The van der Waals surface area contributed by atoms with Crippen molar-refractivity contribution in [1.82, 2.24) is 19.8 Å². The highest BCUT2D eigenvalue weighted by Crippen LogP contribution is 2.37. The van der Waals surface area contributed by atoms with Crippen LogP contribution in [0.3, 0.4) is 0 Å². The second-order valence-corrected chi connectivity index (χ2v) is 10.9. The highest BCUT2D eigenvalue weighted by Gasteiger charge is 2.37. The molecule has 2 aromatic carbocycles. The first-order valence-electron chi connectivity index (χ1n) is 12.1. The SMILES string of the molecule is O=S1[C@@H](c2ccccc2)CCCN1Cc1cc(F)c(C2(NCc3ccn[nH]3)CCOCC2)cc1F. The maximum Gasteiger partial charge on any atom is 0.128 e. The topological polar surface area (TPSA) is 70.2 Å². The molecular formula is C26H30F2N4O2S. The van der Waals surface area contributed by atoms with Gasteiger partial charge in [-0.3, -0.25) is 5.10 Å². The van der Waals surface area contributed by atoms with Gasteiger partial charge in [0.1, 0.15) is 22.6 Å². The molecule has 35 heavy (non-hydrogen) atoms. The van der Waals surface area contributed by atoms with E-state index >= 15 is 8.78 Å². The monoisotopic (exact) mass is 500 g/mol. The zero-order valence-electron chi connectivity index (χ0n) is 19.5. The Kier molecular flexibility index (Phi) is 7.38. The minimum atomic E-state index is -1.31. The van der Waals surface area contributed by atoms with Crippen LogP contribution < -0.4 is 5.32 Å². The maximum absolute atomic E-state index is 15.6. The smallest absolute Gasteiger partial charge is 0.128 e. The summed E-state index contributed by atoms with van der Waals surface area (Å²) < 4.78 is 51.5. The molecule has 2 atom stereocenters. The predicted molar refractivity (Wildman–Crippen MR) is 130 cm³/mol. The summed E-state index contributed by atoms with van der Waals surface area (Å²) in [5.41, 5.74) is 1.68. The summed E-state index contributed by atoms with van der Waals surface area (Å²) in [6.45, 7) is 2.08. The second kappa shape index (κ2) is 10.7. The lowest BCUT2D eigenvalue weighted by Gasteiger charge is -2.39. The summed E-state index contributed by atoms with van der Waals surface area (Å²) in [7, 11) is -1.31. The molecule has 0 saturated carbocycles. The van der Waals surface area contributed by atoms with E-state index in [1.54, 1.807) is 10.5 Å². The van der Waals surface area contributed by atoms with Crippen LogP contribution in [0, 0.1) is 11.6 Å². The highest BCUT2D eigenvalue weighted by atomic mass is 32.2. The molecule has 2 N–H and O–H groups in total. The number of halogens is 2. The number of rotatable bonds is 7. The molecule has 2 saturated heterocycles. The molecule has 9 heteroatoms. The van der Waals surface area contributed by atoms with Gasteiger partial charge in [-0.25, -0.2) is 17.3 Å². The molecule has 1 aromatic heterocycles. The average Bonchev–Trinajstić information content (AvgIpc) is 3.41. The van der Waals surface area contributed by atoms with Crippen LogP contribution in [0.25, 0.3) is 0 Å². The van der Waals surface area contributed by atoms with Crippen LogP contribution in [0.4, 0.5) is 8.78 Å². The third kappa shape index (κ3) is 5.23. The molecular weight excluding hydrogens is 470 g/mol. The van der Waals surface area contributed by atoms with Crippen LogP contribution >= 0.6 is 0 Å². The summed E-state index contributed by atoms with van der Waals surface area (Å²) in [6, 6.07) is 14.2. The van der Waals surface area contributed by atoms with Crippen molar-refractivity contribution >= 4 is 11.0 Å². The third-order valence-corrected chi connectivity index (χ3v) is 8.88. The van der Waals surface area contributed by atoms with Crippen LogP contribution in [0.2, 0.25) is 0 Å². The lowest BCUT2D eigenvalue weighted by molar-refractivity contribution is 0.0341. The van der Waals surface area contributed by atoms with Crippen molar-refractivity contribution in [3.63, 3.8) is 0 Å². The molecule has 186 valence electrons.